The van der Waals surface area contributed by atoms with Crippen LogP contribution >= 0.6 is 0 Å². The molecule has 138 valence electrons. The van der Waals surface area contributed by atoms with E-state index >= 15 is 0 Å². The van der Waals surface area contributed by atoms with E-state index in [0.29, 0.717) is 5.56 Å². The minimum Gasteiger partial charge on any atom is -0.337 e. The average Bonchev–Trinajstić information content (AvgIpc) is 3.39. The van der Waals surface area contributed by atoms with Gasteiger partial charge in [0.15, 0.2) is 0 Å². The first-order valence-electron chi connectivity index (χ1n) is 8.08. The highest BCUT2D eigenvalue weighted by molar-refractivity contribution is 7.89. The predicted molar refractivity (Wildman–Crippen MR) is 91.9 cm³/mol. The lowest BCUT2D eigenvalue weighted by Gasteiger charge is -2.18. The Kier molecular flexibility index (Phi) is 5.06. The molecule has 0 radical (unpaired) electrons. The van der Waals surface area contributed by atoms with Gasteiger partial charge in [-0.2, -0.15) is 0 Å². The van der Waals surface area contributed by atoms with E-state index in [1.54, 1.807) is 12.1 Å². The summed E-state index contributed by atoms with van der Waals surface area (Å²) in [5.74, 6) is -1.74. The number of hydrogen-bond acceptors (Lipinski definition) is 3. The van der Waals surface area contributed by atoms with E-state index in [4.69, 9.17) is 0 Å². The molecule has 26 heavy (non-hydrogen) atoms. The molecule has 1 N–H and O–H groups in total. The maximum absolute atomic E-state index is 14.0. The molecule has 0 heterocycles. The van der Waals surface area contributed by atoms with Gasteiger partial charge in [0.1, 0.15) is 16.5 Å². The Bertz CT molecular complexity index is 926. The lowest BCUT2D eigenvalue weighted by atomic mass is 10.1. The molecule has 2 aromatic rings. The Morgan fingerprint density at radius 1 is 1.15 bits per heavy atom. The Labute approximate surface area is 150 Å². The summed E-state index contributed by atoms with van der Waals surface area (Å²) in [7, 11) is -2.48. The quantitative estimate of drug-likeness (QED) is 0.838. The third-order valence-electron chi connectivity index (χ3n) is 4.05. The molecule has 1 amide bonds. The van der Waals surface area contributed by atoms with Crippen molar-refractivity contribution < 1.29 is 22.0 Å². The fourth-order valence-corrected chi connectivity index (χ4v) is 3.89. The number of carbonyl (C=O) groups excluding carboxylic acids is 1. The third-order valence-corrected chi connectivity index (χ3v) is 5.58. The topological polar surface area (TPSA) is 66.5 Å². The largest absolute Gasteiger partial charge is 0.337 e. The van der Waals surface area contributed by atoms with Crippen LogP contribution in [0.25, 0.3) is 0 Å². The van der Waals surface area contributed by atoms with Crippen LogP contribution in [0.15, 0.2) is 47.4 Å². The summed E-state index contributed by atoms with van der Waals surface area (Å²) < 4.78 is 53.9. The number of rotatable bonds is 6. The molecule has 0 unspecified atom stereocenters. The zero-order valence-corrected chi connectivity index (χ0v) is 14.9. The molecular weight excluding hydrogens is 362 g/mol. The second kappa shape index (κ2) is 7.13. The molecule has 3 rings (SSSR count). The van der Waals surface area contributed by atoms with E-state index in [2.05, 4.69) is 4.72 Å². The second-order valence-electron chi connectivity index (χ2n) is 6.33. The van der Waals surface area contributed by atoms with Gasteiger partial charge in [0.2, 0.25) is 10.0 Å². The van der Waals surface area contributed by atoms with Crippen LogP contribution in [0, 0.1) is 11.6 Å². The van der Waals surface area contributed by atoms with Gasteiger partial charge in [-0.25, -0.2) is 21.9 Å². The molecule has 0 bridgehead atoms. The molecule has 1 fully saturated rings. The van der Waals surface area contributed by atoms with Crippen molar-refractivity contribution in [1.29, 1.82) is 0 Å². The minimum absolute atomic E-state index is 0.0622. The normalized spacial score (nSPS) is 14.3. The lowest BCUT2D eigenvalue weighted by molar-refractivity contribution is 0.0784. The Hall–Kier alpha value is -2.32. The van der Waals surface area contributed by atoms with Crippen LogP contribution in [0.2, 0.25) is 0 Å². The summed E-state index contributed by atoms with van der Waals surface area (Å²) >= 11 is 0. The molecule has 0 aromatic heterocycles. The molecule has 5 nitrogen and oxygen atoms in total. The molecule has 0 saturated heterocycles. The highest BCUT2D eigenvalue weighted by Crippen LogP contribution is 2.24. The van der Waals surface area contributed by atoms with Crippen molar-refractivity contribution in [3.63, 3.8) is 0 Å². The Balaban J connectivity index is 1.80. The van der Waals surface area contributed by atoms with E-state index in [1.807, 2.05) is 0 Å². The molecule has 0 aliphatic heterocycles. The lowest BCUT2D eigenvalue weighted by Crippen LogP contribution is -2.28. The van der Waals surface area contributed by atoms with Crippen LogP contribution in [0.3, 0.4) is 0 Å². The summed E-state index contributed by atoms with van der Waals surface area (Å²) in [6, 6.07) is 8.79. The number of hydrogen-bond donors (Lipinski definition) is 1. The standard InChI is InChI=1S/C18H18F2N2O3S/c1-22(11-12-2-5-14(19)6-3-12)18(23)13-4-9-16(20)17(10-13)26(24,25)21-15-7-8-15/h2-6,9-10,15,21H,7-8,11H2,1H3. The molecule has 2 aromatic carbocycles. The van der Waals surface area contributed by atoms with E-state index in [9.17, 15) is 22.0 Å². The van der Waals surface area contributed by atoms with Gasteiger partial charge in [-0.1, -0.05) is 12.1 Å². The van der Waals surface area contributed by atoms with Crippen molar-refractivity contribution in [2.45, 2.75) is 30.3 Å². The number of sulfonamides is 1. The van der Waals surface area contributed by atoms with Gasteiger partial charge >= 0.3 is 0 Å². The van der Waals surface area contributed by atoms with Gasteiger partial charge in [-0.05, 0) is 48.7 Å². The number of nitrogens with one attached hydrogen (secondary N) is 1. The van der Waals surface area contributed by atoms with Gasteiger partial charge in [0, 0.05) is 25.2 Å². The Morgan fingerprint density at radius 2 is 1.81 bits per heavy atom. The molecule has 0 atom stereocenters. The molecule has 1 aliphatic carbocycles. The molecule has 1 aliphatic rings. The van der Waals surface area contributed by atoms with Gasteiger partial charge < -0.3 is 4.90 Å². The number of amides is 1. The first kappa shape index (κ1) is 18.5. The highest BCUT2D eigenvalue weighted by Gasteiger charge is 2.30. The van der Waals surface area contributed by atoms with Crippen LogP contribution in [0.1, 0.15) is 28.8 Å². The average molecular weight is 380 g/mol. The molecular formula is C18H18F2N2O3S. The molecule has 1 saturated carbocycles. The fraction of sp³-hybridized carbons (Fsp3) is 0.278. The fourth-order valence-electron chi connectivity index (χ4n) is 2.48. The van der Waals surface area contributed by atoms with Crippen LogP contribution in [-0.2, 0) is 16.6 Å². The van der Waals surface area contributed by atoms with E-state index in [1.165, 1.54) is 30.1 Å². The summed E-state index contributed by atoms with van der Waals surface area (Å²) in [5.41, 5.74) is 0.778. The maximum atomic E-state index is 14.0. The number of carbonyl (C=O) groups is 1. The van der Waals surface area contributed by atoms with Crippen molar-refractivity contribution in [3.8, 4) is 0 Å². The SMILES string of the molecule is CN(Cc1ccc(F)cc1)C(=O)c1ccc(F)c(S(=O)(=O)NC2CC2)c1. The van der Waals surface area contributed by atoms with Crippen molar-refractivity contribution >= 4 is 15.9 Å². The Morgan fingerprint density at radius 3 is 2.42 bits per heavy atom. The van der Waals surface area contributed by atoms with Crippen LogP contribution < -0.4 is 4.72 Å². The molecule has 0 spiro atoms. The smallest absolute Gasteiger partial charge is 0.253 e. The van der Waals surface area contributed by atoms with Crippen molar-refractivity contribution in [1.82, 2.24) is 9.62 Å². The summed E-state index contributed by atoms with van der Waals surface area (Å²) in [6.07, 6.45) is 1.44. The van der Waals surface area contributed by atoms with Crippen LogP contribution in [0.5, 0.6) is 0 Å². The van der Waals surface area contributed by atoms with Crippen LogP contribution in [-0.4, -0.2) is 32.3 Å². The molecule has 8 heteroatoms. The van der Waals surface area contributed by atoms with E-state index in [-0.39, 0.29) is 24.0 Å². The van der Waals surface area contributed by atoms with Gasteiger partial charge in [-0.15, -0.1) is 0 Å². The van der Waals surface area contributed by atoms with E-state index in [0.717, 1.165) is 25.0 Å². The van der Waals surface area contributed by atoms with Crippen molar-refractivity contribution in [2.75, 3.05) is 7.05 Å². The van der Waals surface area contributed by atoms with Gasteiger partial charge in [0.05, 0.1) is 0 Å². The second-order valence-corrected chi connectivity index (χ2v) is 8.01. The van der Waals surface area contributed by atoms with Gasteiger partial charge in [0.25, 0.3) is 5.91 Å². The number of benzene rings is 2. The van der Waals surface area contributed by atoms with E-state index < -0.39 is 26.6 Å². The summed E-state index contributed by atoms with van der Waals surface area (Å²) in [5, 5.41) is 0. The predicted octanol–water partition coefficient (Wildman–Crippen LogP) is 2.68. The summed E-state index contributed by atoms with van der Waals surface area (Å²) in [6.45, 7) is 0.207. The first-order valence-corrected chi connectivity index (χ1v) is 9.56. The minimum atomic E-state index is -4.01. The number of nitrogens with zero attached hydrogens (tertiary/aromatic N) is 1. The first-order chi connectivity index (χ1) is 12.3. The monoisotopic (exact) mass is 380 g/mol. The zero-order chi connectivity index (χ0) is 18.9. The highest BCUT2D eigenvalue weighted by atomic mass is 32.2. The maximum Gasteiger partial charge on any atom is 0.253 e. The third kappa shape index (κ3) is 4.25. The van der Waals surface area contributed by atoms with Gasteiger partial charge in [-0.3, -0.25) is 4.79 Å². The zero-order valence-electron chi connectivity index (χ0n) is 14.1. The van der Waals surface area contributed by atoms with Crippen molar-refractivity contribution in [2.24, 2.45) is 0 Å². The van der Waals surface area contributed by atoms with Crippen LogP contribution in [0.4, 0.5) is 8.78 Å². The summed E-state index contributed by atoms with van der Waals surface area (Å²) in [4.78, 5) is 13.4. The number of halogens is 2. The van der Waals surface area contributed by atoms with Crippen molar-refractivity contribution in [3.05, 3.63) is 65.2 Å².